The van der Waals surface area contributed by atoms with E-state index in [1.165, 1.54) is 24.0 Å². The molecule has 0 fully saturated rings. The van der Waals surface area contributed by atoms with Crippen molar-refractivity contribution in [2.24, 2.45) is 5.92 Å². The second-order valence-corrected chi connectivity index (χ2v) is 6.77. The Morgan fingerprint density at radius 3 is 2.79 bits per heavy atom. The maximum atomic E-state index is 5.48. The van der Waals surface area contributed by atoms with Gasteiger partial charge in [0, 0.05) is 30.6 Å². The van der Waals surface area contributed by atoms with Gasteiger partial charge < -0.3 is 4.52 Å². The van der Waals surface area contributed by atoms with E-state index in [-0.39, 0.29) is 0 Å². The lowest BCUT2D eigenvalue weighted by atomic mass is 9.85. The highest BCUT2D eigenvalue weighted by atomic mass is 16.5. The van der Waals surface area contributed by atoms with Gasteiger partial charge in [0.25, 0.3) is 0 Å². The molecule has 1 atom stereocenters. The van der Waals surface area contributed by atoms with E-state index in [0.29, 0.717) is 5.92 Å². The molecule has 0 amide bonds. The third-order valence-electron chi connectivity index (χ3n) is 4.64. The van der Waals surface area contributed by atoms with Gasteiger partial charge in [0.15, 0.2) is 5.76 Å². The topological polar surface area (TPSA) is 42.2 Å². The van der Waals surface area contributed by atoms with Crippen molar-refractivity contribution in [1.82, 2.24) is 15.0 Å². The first-order valence-corrected chi connectivity index (χ1v) is 8.49. The number of allylic oxidation sites excluding steroid dienone is 2. The summed E-state index contributed by atoms with van der Waals surface area (Å²) in [5.74, 6) is 1.55. The van der Waals surface area contributed by atoms with Crippen LogP contribution in [0.25, 0.3) is 11.3 Å². The van der Waals surface area contributed by atoms with Crippen LogP contribution in [0, 0.1) is 5.92 Å². The number of nitrogens with zero attached hydrogens (tertiary/aromatic N) is 3. The number of pyridine rings is 1. The Balaban J connectivity index is 1.55. The molecule has 0 spiro atoms. The molecule has 4 heteroatoms. The zero-order chi connectivity index (χ0) is 16.9. The molecule has 0 bridgehead atoms. The second-order valence-electron chi connectivity index (χ2n) is 6.77. The molecule has 2 heterocycles. The quantitative estimate of drug-likeness (QED) is 0.736. The lowest BCUT2D eigenvalue weighted by Crippen LogP contribution is -2.22. The summed E-state index contributed by atoms with van der Waals surface area (Å²) in [5.41, 5.74) is 4.72. The van der Waals surface area contributed by atoms with Gasteiger partial charge in [-0.1, -0.05) is 29.0 Å². The Bertz CT molecular complexity index is 717. The minimum Gasteiger partial charge on any atom is -0.359 e. The van der Waals surface area contributed by atoms with Crippen molar-refractivity contribution in [2.75, 3.05) is 13.6 Å². The average molecular weight is 323 g/mol. The van der Waals surface area contributed by atoms with Crippen LogP contribution < -0.4 is 0 Å². The summed E-state index contributed by atoms with van der Waals surface area (Å²) in [6, 6.07) is 5.89. The fraction of sp³-hybridized carbons (Fsp3) is 0.400. The summed E-state index contributed by atoms with van der Waals surface area (Å²) in [6.07, 6.45) is 9.45. The first kappa shape index (κ1) is 16.7. The van der Waals surface area contributed by atoms with Crippen LogP contribution in [0.2, 0.25) is 0 Å². The van der Waals surface area contributed by atoms with E-state index in [9.17, 15) is 0 Å². The molecule has 3 rings (SSSR count). The SMILES string of the molecule is C=C(C)[C@@H]1CC=C(CN(C)Cc2cc(-c3ccncc3)no2)CC1. The number of likely N-dealkylation sites (N-methyl/N-ethyl adjacent to an activating group) is 1. The Hall–Kier alpha value is -2.20. The van der Waals surface area contributed by atoms with E-state index >= 15 is 0 Å². The summed E-state index contributed by atoms with van der Waals surface area (Å²) in [7, 11) is 2.13. The van der Waals surface area contributed by atoms with Gasteiger partial charge in [0.2, 0.25) is 0 Å². The van der Waals surface area contributed by atoms with E-state index in [2.05, 4.69) is 41.7 Å². The summed E-state index contributed by atoms with van der Waals surface area (Å²) >= 11 is 0. The van der Waals surface area contributed by atoms with Crippen molar-refractivity contribution in [3.05, 3.63) is 60.2 Å². The van der Waals surface area contributed by atoms with Crippen molar-refractivity contribution >= 4 is 0 Å². The Kier molecular flexibility index (Phi) is 5.26. The fourth-order valence-corrected chi connectivity index (χ4v) is 3.19. The molecular formula is C20H25N3O. The summed E-state index contributed by atoms with van der Waals surface area (Å²) in [6.45, 7) is 7.97. The molecule has 1 aliphatic rings. The molecule has 0 aromatic carbocycles. The van der Waals surface area contributed by atoms with Crippen molar-refractivity contribution < 1.29 is 4.52 Å². The van der Waals surface area contributed by atoms with Crippen LogP contribution >= 0.6 is 0 Å². The van der Waals surface area contributed by atoms with Crippen LogP contribution in [-0.2, 0) is 6.54 Å². The number of hydrogen-bond donors (Lipinski definition) is 0. The lowest BCUT2D eigenvalue weighted by Gasteiger charge is -2.24. The average Bonchev–Trinajstić information content (AvgIpc) is 3.04. The largest absolute Gasteiger partial charge is 0.359 e. The van der Waals surface area contributed by atoms with E-state index < -0.39 is 0 Å². The molecule has 0 radical (unpaired) electrons. The van der Waals surface area contributed by atoms with Gasteiger partial charge in [-0.15, -0.1) is 0 Å². The Morgan fingerprint density at radius 2 is 2.12 bits per heavy atom. The first-order chi connectivity index (χ1) is 11.6. The zero-order valence-electron chi connectivity index (χ0n) is 14.5. The van der Waals surface area contributed by atoms with E-state index in [1.54, 1.807) is 12.4 Å². The molecule has 0 aliphatic heterocycles. The predicted molar refractivity (Wildman–Crippen MR) is 96.3 cm³/mol. The van der Waals surface area contributed by atoms with Gasteiger partial charge in [-0.2, -0.15) is 0 Å². The number of aromatic nitrogens is 2. The maximum absolute atomic E-state index is 5.48. The van der Waals surface area contributed by atoms with Crippen LogP contribution in [0.3, 0.4) is 0 Å². The van der Waals surface area contributed by atoms with Crippen molar-refractivity contribution in [3.8, 4) is 11.3 Å². The Labute approximate surface area is 143 Å². The second kappa shape index (κ2) is 7.58. The summed E-state index contributed by atoms with van der Waals surface area (Å²) in [5, 5.41) is 4.16. The van der Waals surface area contributed by atoms with Crippen molar-refractivity contribution in [2.45, 2.75) is 32.7 Å². The van der Waals surface area contributed by atoms with Gasteiger partial charge in [-0.25, -0.2) is 0 Å². The Morgan fingerprint density at radius 1 is 1.33 bits per heavy atom. The van der Waals surface area contributed by atoms with Crippen LogP contribution in [0.1, 0.15) is 31.9 Å². The van der Waals surface area contributed by atoms with Crippen molar-refractivity contribution in [3.63, 3.8) is 0 Å². The molecule has 24 heavy (non-hydrogen) atoms. The molecule has 1 aliphatic carbocycles. The van der Waals surface area contributed by atoms with Crippen molar-refractivity contribution in [1.29, 1.82) is 0 Å². The first-order valence-electron chi connectivity index (χ1n) is 8.49. The monoisotopic (exact) mass is 323 g/mol. The number of hydrogen-bond acceptors (Lipinski definition) is 4. The number of rotatable bonds is 6. The van der Waals surface area contributed by atoms with Crippen LogP contribution in [0.15, 0.2) is 58.9 Å². The third-order valence-corrected chi connectivity index (χ3v) is 4.64. The van der Waals surface area contributed by atoms with Gasteiger partial charge in [-0.05, 0) is 51.3 Å². The molecule has 126 valence electrons. The fourth-order valence-electron chi connectivity index (χ4n) is 3.19. The zero-order valence-corrected chi connectivity index (χ0v) is 14.5. The van der Waals surface area contributed by atoms with Crippen LogP contribution in [0.4, 0.5) is 0 Å². The predicted octanol–water partition coefficient (Wildman–Crippen LogP) is 4.47. The normalized spacial score (nSPS) is 17.8. The molecular weight excluding hydrogens is 298 g/mol. The maximum Gasteiger partial charge on any atom is 0.151 e. The summed E-state index contributed by atoms with van der Waals surface area (Å²) < 4.78 is 5.48. The van der Waals surface area contributed by atoms with E-state index in [4.69, 9.17) is 4.52 Å². The highest BCUT2D eigenvalue weighted by Gasteiger charge is 2.16. The third kappa shape index (κ3) is 4.20. The lowest BCUT2D eigenvalue weighted by molar-refractivity contribution is 0.284. The highest BCUT2D eigenvalue weighted by Crippen LogP contribution is 2.28. The highest BCUT2D eigenvalue weighted by molar-refractivity contribution is 5.57. The molecule has 0 saturated carbocycles. The molecule has 4 nitrogen and oxygen atoms in total. The minimum absolute atomic E-state index is 0.663. The van der Waals surface area contributed by atoms with Crippen LogP contribution in [0.5, 0.6) is 0 Å². The van der Waals surface area contributed by atoms with E-state index in [1.807, 2.05) is 18.2 Å². The smallest absolute Gasteiger partial charge is 0.151 e. The van der Waals surface area contributed by atoms with Gasteiger partial charge >= 0.3 is 0 Å². The standard InChI is InChI=1S/C20H25N3O/c1-15(2)17-6-4-16(5-7-17)13-23(3)14-19-12-20(22-24-19)18-8-10-21-11-9-18/h4,8-12,17H,1,5-7,13-14H2,2-3H3/t17-/m1/s1. The van der Waals surface area contributed by atoms with Crippen LogP contribution in [-0.4, -0.2) is 28.6 Å². The molecule has 2 aromatic rings. The molecule has 0 N–H and O–H groups in total. The molecule has 0 unspecified atom stereocenters. The van der Waals surface area contributed by atoms with Gasteiger partial charge in [0.05, 0.1) is 6.54 Å². The van der Waals surface area contributed by atoms with Gasteiger partial charge in [-0.3, -0.25) is 9.88 Å². The molecule has 0 saturated heterocycles. The molecule has 2 aromatic heterocycles. The van der Waals surface area contributed by atoms with Gasteiger partial charge in [0.1, 0.15) is 5.69 Å². The minimum atomic E-state index is 0.663. The van der Waals surface area contributed by atoms with E-state index in [0.717, 1.165) is 36.5 Å². The summed E-state index contributed by atoms with van der Waals surface area (Å²) in [4.78, 5) is 6.31.